The van der Waals surface area contributed by atoms with Gasteiger partial charge in [-0.1, -0.05) is 32.0 Å². The van der Waals surface area contributed by atoms with Crippen molar-refractivity contribution in [2.45, 2.75) is 25.2 Å². The van der Waals surface area contributed by atoms with Gasteiger partial charge < -0.3 is 14.6 Å². The molecule has 1 N–H and O–H groups in total. The Morgan fingerprint density at radius 3 is 2.61 bits per heavy atom. The maximum Gasteiger partial charge on any atom is 0.337 e. The fourth-order valence-corrected chi connectivity index (χ4v) is 3.14. The Bertz CT molecular complexity index is 736. The van der Waals surface area contributed by atoms with Crippen LogP contribution in [-0.2, 0) is 10.2 Å². The summed E-state index contributed by atoms with van der Waals surface area (Å²) in [4.78, 5) is 11.6. The Kier molecular flexibility index (Phi) is 3.76. The van der Waals surface area contributed by atoms with Gasteiger partial charge in [-0.05, 0) is 35.2 Å². The molecule has 2 atom stereocenters. The van der Waals surface area contributed by atoms with Crippen molar-refractivity contribution >= 4 is 5.97 Å². The second-order valence-electron chi connectivity index (χ2n) is 6.22. The third-order valence-corrected chi connectivity index (χ3v) is 4.91. The smallest absolute Gasteiger partial charge is 0.337 e. The van der Waals surface area contributed by atoms with E-state index >= 15 is 0 Å². The third-order valence-electron chi connectivity index (χ3n) is 4.91. The minimum atomic E-state index is -0.338. The molecule has 1 aliphatic rings. The van der Waals surface area contributed by atoms with Crippen LogP contribution in [0.1, 0.15) is 41.3 Å². The van der Waals surface area contributed by atoms with Gasteiger partial charge in [-0.15, -0.1) is 0 Å². The number of phenolic OH excluding ortho intramolecular Hbond substituents is 1. The van der Waals surface area contributed by atoms with Crippen LogP contribution in [0, 0.1) is 0 Å². The maximum absolute atomic E-state index is 11.6. The zero-order valence-electron chi connectivity index (χ0n) is 13.5. The molecule has 0 amide bonds. The summed E-state index contributed by atoms with van der Waals surface area (Å²) in [6, 6.07) is 12.7. The summed E-state index contributed by atoms with van der Waals surface area (Å²) in [6.45, 7) is 4.83. The van der Waals surface area contributed by atoms with Gasteiger partial charge in [0.15, 0.2) is 0 Å². The molecule has 2 aromatic rings. The van der Waals surface area contributed by atoms with Crippen LogP contribution in [0.2, 0.25) is 0 Å². The molecule has 0 spiro atoms. The lowest BCUT2D eigenvalue weighted by Crippen LogP contribution is -2.39. The van der Waals surface area contributed by atoms with Gasteiger partial charge in [0.1, 0.15) is 11.5 Å². The zero-order valence-corrected chi connectivity index (χ0v) is 13.5. The Morgan fingerprint density at radius 2 is 1.96 bits per heavy atom. The summed E-state index contributed by atoms with van der Waals surface area (Å²) in [5.74, 6) is 0.828. The number of carbonyl (C=O) groups is 1. The van der Waals surface area contributed by atoms with E-state index in [2.05, 4.69) is 13.8 Å². The summed E-state index contributed by atoms with van der Waals surface area (Å²) in [5.41, 5.74) is 2.51. The fraction of sp³-hybridized carbons (Fsp3) is 0.316. The summed E-state index contributed by atoms with van der Waals surface area (Å²) in [6.07, 6.45) is 0. The molecule has 3 rings (SSSR count). The summed E-state index contributed by atoms with van der Waals surface area (Å²) in [7, 11) is 1.38. The Balaban J connectivity index is 1.96. The lowest BCUT2D eigenvalue weighted by molar-refractivity contribution is 0.0600. The predicted molar refractivity (Wildman–Crippen MR) is 87.2 cm³/mol. The van der Waals surface area contributed by atoms with E-state index < -0.39 is 0 Å². The van der Waals surface area contributed by atoms with Gasteiger partial charge in [0, 0.05) is 11.5 Å². The summed E-state index contributed by atoms with van der Waals surface area (Å²) >= 11 is 0. The van der Waals surface area contributed by atoms with Gasteiger partial charge in [0.25, 0.3) is 0 Å². The minimum absolute atomic E-state index is 0.210. The van der Waals surface area contributed by atoms with Crippen LogP contribution in [-0.4, -0.2) is 24.8 Å². The number of methoxy groups -OCH3 is 1. The minimum Gasteiger partial charge on any atom is -0.508 e. The number of hydrogen-bond acceptors (Lipinski definition) is 4. The van der Waals surface area contributed by atoms with Crippen molar-refractivity contribution in [2.24, 2.45) is 0 Å². The second-order valence-corrected chi connectivity index (χ2v) is 6.22. The van der Waals surface area contributed by atoms with Crippen molar-refractivity contribution in [3.05, 3.63) is 59.2 Å². The molecule has 0 bridgehead atoms. The number of phenols is 1. The highest BCUT2D eigenvalue weighted by Crippen LogP contribution is 2.46. The van der Waals surface area contributed by atoms with Crippen molar-refractivity contribution in [1.29, 1.82) is 0 Å². The molecule has 23 heavy (non-hydrogen) atoms. The monoisotopic (exact) mass is 312 g/mol. The number of benzene rings is 2. The average Bonchev–Trinajstić information content (AvgIpc) is 2.58. The Morgan fingerprint density at radius 1 is 1.26 bits per heavy atom. The van der Waals surface area contributed by atoms with E-state index in [9.17, 15) is 9.90 Å². The number of hydrogen-bond donors (Lipinski definition) is 1. The predicted octanol–water partition coefficient (Wildman–Crippen LogP) is 3.63. The number of ether oxygens (including phenoxy) is 2. The van der Waals surface area contributed by atoms with Gasteiger partial charge in [0.05, 0.1) is 19.3 Å². The van der Waals surface area contributed by atoms with E-state index in [1.54, 1.807) is 24.3 Å². The first-order valence-corrected chi connectivity index (χ1v) is 7.60. The highest BCUT2D eigenvalue weighted by molar-refractivity contribution is 5.89. The number of esters is 1. The van der Waals surface area contributed by atoms with E-state index in [0.29, 0.717) is 12.2 Å². The van der Waals surface area contributed by atoms with Crippen molar-refractivity contribution in [1.82, 2.24) is 0 Å². The third kappa shape index (κ3) is 2.54. The SMILES string of the molecule is COC(=O)c1ccc([C@@]2(C)COc3cc(O)ccc3[C@H]2C)cc1. The molecule has 0 aromatic heterocycles. The van der Waals surface area contributed by atoms with Gasteiger partial charge in [-0.2, -0.15) is 0 Å². The lowest BCUT2D eigenvalue weighted by atomic mass is 9.69. The van der Waals surface area contributed by atoms with Crippen molar-refractivity contribution < 1.29 is 19.4 Å². The van der Waals surface area contributed by atoms with Gasteiger partial charge in [-0.3, -0.25) is 0 Å². The van der Waals surface area contributed by atoms with Crippen LogP contribution >= 0.6 is 0 Å². The highest BCUT2D eigenvalue weighted by Gasteiger charge is 2.40. The van der Waals surface area contributed by atoms with Gasteiger partial charge in [-0.25, -0.2) is 4.79 Å². The second kappa shape index (κ2) is 5.61. The normalized spacial score (nSPS) is 22.8. The van der Waals surface area contributed by atoms with E-state index in [0.717, 1.165) is 16.9 Å². The first kappa shape index (κ1) is 15.4. The quantitative estimate of drug-likeness (QED) is 0.860. The molecule has 4 heteroatoms. The molecule has 0 saturated heterocycles. The summed E-state index contributed by atoms with van der Waals surface area (Å²) < 4.78 is 10.6. The molecule has 0 aliphatic carbocycles. The van der Waals surface area contributed by atoms with Crippen LogP contribution in [0.25, 0.3) is 0 Å². The Labute approximate surface area is 135 Å². The lowest BCUT2D eigenvalue weighted by Gasteiger charge is -2.41. The first-order valence-electron chi connectivity index (χ1n) is 7.60. The molecule has 0 radical (unpaired) electrons. The Hall–Kier alpha value is -2.49. The molecule has 0 saturated carbocycles. The van der Waals surface area contributed by atoms with Crippen LogP contribution in [0.3, 0.4) is 0 Å². The van der Waals surface area contributed by atoms with Crippen LogP contribution in [0.4, 0.5) is 0 Å². The molecule has 0 unspecified atom stereocenters. The highest BCUT2D eigenvalue weighted by atomic mass is 16.5. The zero-order chi connectivity index (χ0) is 16.6. The number of fused-ring (bicyclic) bond motifs is 1. The standard InChI is InChI=1S/C19H20O4/c1-12-16-9-8-15(20)10-17(16)23-11-19(12,2)14-6-4-13(5-7-14)18(21)22-3/h4-10,12,20H,11H2,1-3H3/t12-,19+/m1/s1. The molecule has 1 heterocycles. The van der Waals surface area contributed by atoms with Crippen LogP contribution < -0.4 is 4.74 Å². The molecule has 2 aromatic carbocycles. The van der Waals surface area contributed by atoms with E-state index in [1.165, 1.54) is 7.11 Å². The number of aromatic hydroxyl groups is 1. The number of rotatable bonds is 2. The molecule has 1 aliphatic heterocycles. The van der Waals surface area contributed by atoms with Crippen molar-refractivity contribution in [3.63, 3.8) is 0 Å². The largest absolute Gasteiger partial charge is 0.508 e. The first-order chi connectivity index (χ1) is 11.0. The van der Waals surface area contributed by atoms with E-state index in [1.807, 2.05) is 18.2 Å². The van der Waals surface area contributed by atoms with E-state index in [-0.39, 0.29) is 23.1 Å². The van der Waals surface area contributed by atoms with Crippen LogP contribution in [0.5, 0.6) is 11.5 Å². The molecule has 120 valence electrons. The van der Waals surface area contributed by atoms with Crippen LogP contribution in [0.15, 0.2) is 42.5 Å². The number of carbonyl (C=O) groups excluding carboxylic acids is 1. The van der Waals surface area contributed by atoms with Crippen molar-refractivity contribution in [2.75, 3.05) is 13.7 Å². The molecule has 4 nitrogen and oxygen atoms in total. The van der Waals surface area contributed by atoms with E-state index in [4.69, 9.17) is 9.47 Å². The van der Waals surface area contributed by atoms with Gasteiger partial charge in [0.2, 0.25) is 0 Å². The maximum atomic E-state index is 11.6. The summed E-state index contributed by atoms with van der Waals surface area (Å²) in [5, 5.41) is 9.60. The average molecular weight is 312 g/mol. The molecule has 0 fully saturated rings. The molecular formula is C19H20O4. The fourth-order valence-electron chi connectivity index (χ4n) is 3.14. The van der Waals surface area contributed by atoms with Crippen molar-refractivity contribution in [3.8, 4) is 11.5 Å². The molecular weight excluding hydrogens is 292 g/mol. The topological polar surface area (TPSA) is 55.8 Å². The van der Waals surface area contributed by atoms with Gasteiger partial charge >= 0.3 is 5.97 Å².